The van der Waals surface area contributed by atoms with Crippen LogP contribution in [0, 0.1) is 12.7 Å². The molecule has 0 unspecified atom stereocenters. The van der Waals surface area contributed by atoms with E-state index in [1.54, 1.807) is 6.07 Å². The van der Waals surface area contributed by atoms with Crippen LogP contribution in [0.1, 0.15) is 19.5 Å². The van der Waals surface area contributed by atoms with Crippen LogP contribution in [-0.4, -0.2) is 4.98 Å². The second kappa shape index (κ2) is 4.91. The maximum Gasteiger partial charge on any atom is 0.141 e. The van der Waals surface area contributed by atoms with Crippen LogP contribution in [0.3, 0.4) is 0 Å². The maximum atomic E-state index is 12.0. The average Bonchev–Trinajstić information content (AvgIpc) is 2.00. The zero-order chi connectivity index (χ0) is 7.98. The molecule has 0 spiro atoms. The van der Waals surface area contributed by atoms with Gasteiger partial charge in [0.25, 0.3) is 0 Å². The van der Waals surface area contributed by atoms with Gasteiger partial charge in [0.1, 0.15) is 5.82 Å². The zero-order valence-corrected chi connectivity index (χ0v) is 6.56. The van der Waals surface area contributed by atoms with Crippen LogP contribution < -0.4 is 0 Å². The van der Waals surface area contributed by atoms with Gasteiger partial charge in [0.05, 0.1) is 6.20 Å². The van der Waals surface area contributed by atoms with Crippen LogP contribution in [0.4, 0.5) is 4.39 Å². The van der Waals surface area contributed by atoms with Gasteiger partial charge < -0.3 is 0 Å². The summed E-state index contributed by atoms with van der Waals surface area (Å²) in [4.78, 5) is 3.70. The molecule has 0 radical (unpaired) electrons. The molecular formula is C8H12FN. The lowest BCUT2D eigenvalue weighted by Crippen LogP contribution is -1.79. The smallest absolute Gasteiger partial charge is 0.141 e. The van der Waals surface area contributed by atoms with Gasteiger partial charge in [-0.3, -0.25) is 4.98 Å². The van der Waals surface area contributed by atoms with Crippen molar-refractivity contribution in [3.05, 3.63) is 29.8 Å². The molecule has 1 heterocycles. The van der Waals surface area contributed by atoms with E-state index < -0.39 is 0 Å². The fourth-order valence-corrected chi connectivity index (χ4v) is 0.450. The van der Waals surface area contributed by atoms with Crippen LogP contribution in [0.25, 0.3) is 0 Å². The lowest BCUT2D eigenvalue weighted by Gasteiger charge is -1.86. The lowest BCUT2D eigenvalue weighted by molar-refractivity contribution is 0.620. The number of nitrogens with zero attached hydrogens (tertiary/aromatic N) is 1. The Balaban J connectivity index is 0.000000371. The van der Waals surface area contributed by atoms with Crippen molar-refractivity contribution < 1.29 is 4.39 Å². The van der Waals surface area contributed by atoms with Crippen molar-refractivity contribution in [3.8, 4) is 0 Å². The summed E-state index contributed by atoms with van der Waals surface area (Å²) in [6.45, 7) is 5.82. The Morgan fingerprint density at radius 3 is 2.20 bits per heavy atom. The molecule has 2 heteroatoms. The van der Waals surface area contributed by atoms with Crippen LogP contribution in [0.2, 0.25) is 0 Å². The van der Waals surface area contributed by atoms with Crippen molar-refractivity contribution in [3.63, 3.8) is 0 Å². The SMILES string of the molecule is CC.Cc1ccc(F)cn1. The van der Waals surface area contributed by atoms with Gasteiger partial charge in [0.2, 0.25) is 0 Å². The van der Waals surface area contributed by atoms with E-state index >= 15 is 0 Å². The summed E-state index contributed by atoms with van der Waals surface area (Å²) in [6.07, 6.45) is 1.20. The third-order valence-corrected chi connectivity index (χ3v) is 0.875. The van der Waals surface area contributed by atoms with Crippen molar-refractivity contribution in [2.24, 2.45) is 0 Å². The molecule has 1 aromatic rings. The maximum absolute atomic E-state index is 12.0. The predicted octanol–water partition coefficient (Wildman–Crippen LogP) is 2.56. The van der Waals surface area contributed by atoms with E-state index in [2.05, 4.69) is 4.98 Å². The molecule has 0 saturated carbocycles. The molecule has 1 nitrogen and oxygen atoms in total. The molecule has 0 aliphatic heterocycles. The first-order valence-corrected chi connectivity index (χ1v) is 3.37. The summed E-state index contributed by atoms with van der Waals surface area (Å²) in [6, 6.07) is 3.03. The van der Waals surface area contributed by atoms with Crippen molar-refractivity contribution in [1.82, 2.24) is 4.98 Å². The van der Waals surface area contributed by atoms with Gasteiger partial charge >= 0.3 is 0 Å². The zero-order valence-electron chi connectivity index (χ0n) is 6.56. The van der Waals surface area contributed by atoms with Gasteiger partial charge in [0.15, 0.2) is 0 Å². The first-order chi connectivity index (χ1) is 4.79. The first-order valence-electron chi connectivity index (χ1n) is 3.37. The normalized spacial score (nSPS) is 8.00. The summed E-state index contributed by atoms with van der Waals surface area (Å²) >= 11 is 0. The van der Waals surface area contributed by atoms with Crippen molar-refractivity contribution in [1.29, 1.82) is 0 Å². The molecule has 56 valence electrons. The third-order valence-electron chi connectivity index (χ3n) is 0.875. The van der Waals surface area contributed by atoms with Gasteiger partial charge in [-0.15, -0.1) is 0 Å². The lowest BCUT2D eigenvalue weighted by atomic mass is 10.4. The summed E-state index contributed by atoms with van der Waals surface area (Å²) in [5, 5.41) is 0. The minimum absolute atomic E-state index is 0.282. The first kappa shape index (κ1) is 9.08. The van der Waals surface area contributed by atoms with E-state index in [9.17, 15) is 4.39 Å². The second-order valence-corrected chi connectivity index (χ2v) is 1.62. The molecule has 0 aliphatic carbocycles. The Labute approximate surface area is 60.9 Å². The number of halogens is 1. The number of rotatable bonds is 0. The Kier molecular flexibility index (Phi) is 4.46. The molecule has 0 fully saturated rings. The molecule has 0 aliphatic rings. The topological polar surface area (TPSA) is 12.9 Å². The van der Waals surface area contributed by atoms with Crippen LogP contribution >= 0.6 is 0 Å². The van der Waals surface area contributed by atoms with E-state index in [0.717, 1.165) is 5.69 Å². The highest BCUT2D eigenvalue weighted by Gasteiger charge is 1.84. The number of hydrogen-bond donors (Lipinski definition) is 0. The Morgan fingerprint density at radius 2 is 1.90 bits per heavy atom. The largest absolute Gasteiger partial charge is 0.259 e. The summed E-state index contributed by atoms with van der Waals surface area (Å²) < 4.78 is 12.0. The highest BCUT2D eigenvalue weighted by atomic mass is 19.1. The van der Waals surface area contributed by atoms with Crippen molar-refractivity contribution in [2.75, 3.05) is 0 Å². The minimum Gasteiger partial charge on any atom is -0.259 e. The van der Waals surface area contributed by atoms with Crippen molar-refractivity contribution in [2.45, 2.75) is 20.8 Å². The molecular weight excluding hydrogens is 129 g/mol. The summed E-state index contributed by atoms with van der Waals surface area (Å²) in [7, 11) is 0. The monoisotopic (exact) mass is 141 g/mol. The van der Waals surface area contributed by atoms with Gasteiger partial charge in [-0.2, -0.15) is 0 Å². The highest BCUT2D eigenvalue weighted by molar-refractivity contribution is 5.02. The minimum atomic E-state index is -0.282. The predicted molar refractivity (Wildman–Crippen MR) is 40.3 cm³/mol. The van der Waals surface area contributed by atoms with Gasteiger partial charge in [-0.05, 0) is 19.1 Å². The fourth-order valence-electron chi connectivity index (χ4n) is 0.450. The molecule has 0 saturated heterocycles. The summed E-state index contributed by atoms with van der Waals surface area (Å²) in [5.41, 5.74) is 0.839. The molecule has 0 amide bonds. The average molecular weight is 141 g/mol. The van der Waals surface area contributed by atoms with Gasteiger partial charge in [-0.25, -0.2) is 4.39 Å². The summed E-state index contributed by atoms with van der Waals surface area (Å²) in [5.74, 6) is -0.282. The fraction of sp³-hybridized carbons (Fsp3) is 0.375. The highest BCUT2D eigenvalue weighted by Crippen LogP contribution is 1.94. The molecule has 0 N–H and O–H groups in total. The van der Waals surface area contributed by atoms with Crippen LogP contribution in [0.5, 0.6) is 0 Å². The third kappa shape index (κ3) is 3.17. The second-order valence-electron chi connectivity index (χ2n) is 1.62. The van der Waals surface area contributed by atoms with E-state index in [-0.39, 0.29) is 5.82 Å². The Morgan fingerprint density at radius 1 is 1.30 bits per heavy atom. The molecule has 1 aromatic heterocycles. The Hall–Kier alpha value is -0.920. The van der Waals surface area contributed by atoms with E-state index in [1.165, 1.54) is 12.3 Å². The standard InChI is InChI=1S/C6H6FN.C2H6/c1-5-2-3-6(7)4-8-5;1-2/h2-4H,1H3;1-2H3. The molecule has 0 bridgehead atoms. The van der Waals surface area contributed by atoms with Gasteiger partial charge in [-0.1, -0.05) is 13.8 Å². The van der Waals surface area contributed by atoms with E-state index in [0.29, 0.717) is 0 Å². The Bertz CT molecular complexity index is 148. The number of hydrogen-bond acceptors (Lipinski definition) is 1. The quantitative estimate of drug-likeness (QED) is 0.541. The van der Waals surface area contributed by atoms with E-state index in [1.807, 2.05) is 20.8 Å². The molecule has 0 aromatic carbocycles. The number of aromatic nitrogens is 1. The van der Waals surface area contributed by atoms with Gasteiger partial charge in [0, 0.05) is 5.69 Å². The van der Waals surface area contributed by atoms with Crippen LogP contribution in [-0.2, 0) is 0 Å². The molecule has 0 atom stereocenters. The van der Waals surface area contributed by atoms with Crippen LogP contribution in [0.15, 0.2) is 18.3 Å². The number of pyridine rings is 1. The van der Waals surface area contributed by atoms with Crippen molar-refractivity contribution >= 4 is 0 Å². The van der Waals surface area contributed by atoms with E-state index in [4.69, 9.17) is 0 Å². The number of aryl methyl sites for hydroxylation is 1. The molecule has 1 rings (SSSR count). The molecule has 10 heavy (non-hydrogen) atoms.